The van der Waals surface area contributed by atoms with E-state index in [0.717, 1.165) is 12.1 Å². The van der Waals surface area contributed by atoms with E-state index >= 15 is 0 Å². The number of hydrogen-bond acceptors (Lipinski definition) is 3. The van der Waals surface area contributed by atoms with Gasteiger partial charge >= 0.3 is 12.4 Å². The standard InChI is InChI=1S/C14H17F3N2O3/c15-14(16,17)22-12-7-3-10(4-8-12)19-13(21)18-9-1-5-11(20)6-2-9/h3-4,7-9,11,20H,1-2,5-6H2,(H2,18,19,21). The van der Waals surface area contributed by atoms with E-state index in [1.165, 1.54) is 12.1 Å². The molecule has 2 amide bonds. The summed E-state index contributed by atoms with van der Waals surface area (Å²) < 4.78 is 39.8. The Hall–Kier alpha value is -1.96. The van der Waals surface area contributed by atoms with E-state index in [0.29, 0.717) is 31.4 Å². The van der Waals surface area contributed by atoms with Gasteiger partial charge in [0.25, 0.3) is 0 Å². The SMILES string of the molecule is O=C(Nc1ccc(OC(F)(F)F)cc1)NC1CCC(O)CC1. The highest BCUT2D eigenvalue weighted by Gasteiger charge is 2.31. The van der Waals surface area contributed by atoms with Gasteiger partial charge in [-0.3, -0.25) is 0 Å². The molecular formula is C14H17F3N2O3. The Morgan fingerprint density at radius 2 is 1.73 bits per heavy atom. The molecule has 0 atom stereocenters. The van der Waals surface area contributed by atoms with Crippen LogP contribution in [0.2, 0.25) is 0 Å². The Kier molecular flexibility index (Phi) is 5.12. The monoisotopic (exact) mass is 318 g/mol. The van der Waals surface area contributed by atoms with Crippen molar-refractivity contribution in [2.24, 2.45) is 0 Å². The highest BCUT2D eigenvalue weighted by atomic mass is 19.4. The number of aliphatic hydroxyl groups is 1. The summed E-state index contributed by atoms with van der Waals surface area (Å²) >= 11 is 0. The van der Waals surface area contributed by atoms with Crippen molar-refractivity contribution in [2.45, 2.75) is 44.2 Å². The van der Waals surface area contributed by atoms with E-state index in [4.69, 9.17) is 0 Å². The van der Waals surface area contributed by atoms with Crippen LogP contribution in [0.3, 0.4) is 0 Å². The zero-order chi connectivity index (χ0) is 16.2. The van der Waals surface area contributed by atoms with Crippen LogP contribution in [0, 0.1) is 0 Å². The van der Waals surface area contributed by atoms with Gasteiger partial charge in [0.05, 0.1) is 6.10 Å². The van der Waals surface area contributed by atoms with Gasteiger partial charge in [0.2, 0.25) is 0 Å². The number of aliphatic hydroxyl groups excluding tert-OH is 1. The van der Waals surface area contributed by atoms with E-state index in [1.807, 2.05) is 0 Å². The number of benzene rings is 1. The lowest BCUT2D eigenvalue weighted by Crippen LogP contribution is -2.40. The number of carbonyl (C=O) groups excluding carboxylic acids is 1. The molecule has 22 heavy (non-hydrogen) atoms. The summed E-state index contributed by atoms with van der Waals surface area (Å²) in [5.41, 5.74) is 0.364. The van der Waals surface area contributed by atoms with Gasteiger partial charge in [-0.2, -0.15) is 0 Å². The van der Waals surface area contributed by atoms with E-state index in [9.17, 15) is 23.1 Å². The van der Waals surface area contributed by atoms with E-state index in [2.05, 4.69) is 15.4 Å². The van der Waals surface area contributed by atoms with Crippen LogP contribution in [-0.2, 0) is 0 Å². The Morgan fingerprint density at radius 1 is 1.14 bits per heavy atom. The zero-order valence-corrected chi connectivity index (χ0v) is 11.7. The van der Waals surface area contributed by atoms with Gasteiger partial charge in [0, 0.05) is 11.7 Å². The molecule has 0 unspecified atom stereocenters. The first-order valence-corrected chi connectivity index (χ1v) is 6.93. The van der Waals surface area contributed by atoms with Crippen molar-refractivity contribution in [3.8, 4) is 5.75 Å². The predicted molar refractivity (Wildman–Crippen MR) is 73.5 cm³/mol. The molecule has 1 fully saturated rings. The number of nitrogens with one attached hydrogen (secondary N) is 2. The molecule has 0 spiro atoms. The number of ether oxygens (including phenoxy) is 1. The number of halogens is 3. The summed E-state index contributed by atoms with van der Waals surface area (Å²) in [6, 6.07) is 4.47. The fraction of sp³-hybridized carbons (Fsp3) is 0.500. The van der Waals surface area contributed by atoms with Gasteiger partial charge in [0.1, 0.15) is 5.75 Å². The van der Waals surface area contributed by atoms with Gasteiger partial charge in [-0.1, -0.05) is 0 Å². The third-order valence-corrected chi connectivity index (χ3v) is 3.38. The average molecular weight is 318 g/mol. The van der Waals surface area contributed by atoms with E-state index in [-0.39, 0.29) is 17.9 Å². The summed E-state index contributed by atoms with van der Waals surface area (Å²) in [7, 11) is 0. The van der Waals surface area contributed by atoms with E-state index < -0.39 is 12.4 Å². The molecule has 8 heteroatoms. The number of urea groups is 1. The van der Waals surface area contributed by atoms with Crippen LogP contribution >= 0.6 is 0 Å². The molecule has 0 heterocycles. The smallest absolute Gasteiger partial charge is 0.406 e. The second-order valence-corrected chi connectivity index (χ2v) is 5.18. The molecule has 0 bridgehead atoms. The zero-order valence-electron chi connectivity index (χ0n) is 11.7. The Morgan fingerprint density at radius 3 is 2.27 bits per heavy atom. The van der Waals surface area contributed by atoms with Crippen molar-refractivity contribution in [3.05, 3.63) is 24.3 Å². The molecule has 1 saturated carbocycles. The molecule has 3 N–H and O–H groups in total. The molecule has 0 saturated heterocycles. The minimum atomic E-state index is -4.74. The first-order valence-electron chi connectivity index (χ1n) is 6.93. The minimum absolute atomic E-state index is 0.00349. The van der Waals surface area contributed by atoms with Gasteiger partial charge in [0.15, 0.2) is 0 Å². The second kappa shape index (κ2) is 6.87. The van der Waals surface area contributed by atoms with Crippen molar-refractivity contribution in [1.82, 2.24) is 5.32 Å². The summed E-state index contributed by atoms with van der Waals surface area (Å²) in [6.07, 6.45) is -2.34. The topological polar surface area (TPSA) is 70.6 Å². The lowest BCUT2D eigenvalue weighted by molar-refractivity contribution is -0.274. The molecule has 1 aromatic rings. The minimum Gasteiger partial charge on any atom is -0.406 e. The highest BCUT2D eigenvalue weighted by molar-refractivity contribution is 5.89. The second-order valence-electron chi connectivity index (χ2n) is 5.18. The fourth-order valence-corrected chi connectivity index (χ4v) is 2.31. The number of hydrogen-bond donors (Lipinski definition) is 3. The van der Waals surface area contributed by atoms with Crippen LogP contribution in [0.1, 0.15) is 25.7 Å². The normalized spacial score (nSPS) is 22.0. The number of rotatable bonds is 3. The third kappa shape index (κ3) is 5.44. The first-order chi connectivity index (χ1) is 10.3. The molecule has 0 radical (unpaired) electrons. The Balaban J connectivity index is 1.81. The lowest BCUT2D eigenvalue weighted by atomic mass is 9.93. The quantitative estimate of drug-likeness (QED) is 0.802. The van der Waals surface area contributed by atoms with Crippen LogP contribution in [-0.4, -0.2) is 29.6 Å². The maximum atomic E-state index is 12.0. The maximum Gasteiger partial charge on any atom is 0.573 e. The largest absolute Gasteiger partial charge is 0.573 e. The fourth-order valence-electron chi connectivity index (χ4n) is 2.31. The molecule has 2 rings (SSSR count). The summed E-state index contributed by atoms with van der Waals surface area (Å²) in [5, 5.41) is 14.7. The Labute approximate surface area is 125 Å². The van der Waals surface area contributed by atoms with Crippen molar-refractivity contribution >= 4 is 11.7 Å². The molecule has 1 aliphatic rings. The average Bonchev–Trinajstić information content (AvgIpc) is 2.42. The van der Waals surface area contributed by atoms with Crippen molar-refractivity contribution in [3.63, 3.8) is 0 Å². The van der Waals surface area contributed by atoms with Gasteiger partial charge in [-0.15, -0.1) is 13.2 Å². The molecule has 1 aliphatic carbocycles. The van der Waals surface area contributed by atoms with Crippen LogP contribution in [0.25, 0.3) is 0 Å². The number of amides is 2. The van der Waals surface area contributed by atoms with Crippen LogP contribution in [0.4, 0.5) is 23.7 Å². The molecule has 122 valence electrons. The number of anilines is 1. The Bertz CT molecular complexity index is 497. The highest BCUT2D eigenvalue weighted by Crippen LogP contribution is 2.24. The van der Waals surface area contributed by atoms with Crippen molar-refractivity contribution < 1.29 is 27.8 Å². The molecule has 5 nitrogen and oxygen atoms in total. The van der Waals surface area contributed by atoms with Crippen molar-refractivity contribution in [1.29, 1.82) is 0 Å². The van der Waals surface area contributed by atoms with Gasteiger partial charge in [-0.05, 0) is 49.9 Å². The molecule has 1 aromatic carbocycles. The lowest BCUT2D eigenvalue weighted by Gasteiger charge is -2.26. The summed E-state index contributed by atoms with van der Waals surface area (Å²) in [4.78, 5) is 11.8. The van der Waals surface area contributed by atoms with Crippen LogP contribution in [0.5, 0.6) is 5.75 Å². The van der Waals surface area contributed by atoms with Gasteiger partial charge < -0.3 is 20.5 Å². The summed E-state index contributed by atoms with van der Waals surface area (Å²) in [6.45, 7) is 0. The predicted octanol–water partition coefficient (Wildman–Crippen LogP) is 3.01. The maximum absolute atomic E-state index is 12.0. The molecule has 0 aromatic heterocycles. The summed E-state index contributed by atoms with van der Waals surface area (Å²) in [5.74, 6) is -0.347. The first kappa shape index (κ1) is 16.4. The number of carbonyl (C=O) groups is 1. The molecular weight excluding hydrogens is 301 g/mol. The van der Waals surface area contributed by atoms with Crippen LogP contribution in [0.15, 0.2) is 24.3 Å². The number of alkyl halides is 3. The van der Waals surface area contributed by atoms with E-state index in [1.54, 1.807) is 0 Å². The molecule has 0 aliphatic heterocycles. The third-order valence-electron chi connectivity index (χ3n) is 3.38. The van der Waals surface area contributed by atoms with Crippen LogP contribution < -0.4 is 15.4 Å². The van der Waals surface area contributed by atoms with Gasteiger partial charge in [-0.25, -0.2) is 4.79 Å². The van der Waals surface area contributed by atoms with Crippen molar-refractivity contribution in [2.75, 3.05) is 5.32 Å².